The Hall–Kier alpha value is -6.18. The van der Waals surface area contributed by atoms with Crippen molar-refractivity contribution in [3.63, 3.8) is 0 Å². The summed E-state index contributed by atoms with van der Waals surface area (Å²) in [5.41, 5.74) is 8.02. The second kappa shape index (κ2) is 22.4. The van der Waals surface area contributed by atoms with E-state index in [0.717, 1.165) is 138 Å². The number of nitrogens with zero attached hydrogens (tertiary/aromatic N) is 6. The molecule has 4 fully saturated rings. The highest BCUT2D eigenvalue weighted by molar-refractivity contribution is 7.90. The van der Waals surface area contributed by atoms with E-state index in [-0.39, 0.29) is 45.5 Å². The summed E-state index contributed by atoms with van der Waals surface area (Å²) in [6.45, 7) is 14.3. The number of anilines is 2. The van der Waals surface area contributed by atoms with Crippen LogP contribution in [0.15, 0.2) is 95.4 Å². The van der Waals surface area contributed by atoms with E-state index in [1.54, 1.807) is 17.0 Å². The van der Waals surface area contributed by atoms with E-state index in [2.05, 4.69) is 67.0 Å². The normalized spacial score (nSPS) is 22.8. The molecule has 4 heterocycles. The number of halogens is 1. The number of sulfonamides is 1. The Bertz CT molecular complexity index is 3020. The lowest BCUT2D eigenvalue weighted by Crippen LogP contribution is -2.52. The van der Waals surface area contributed by atoms with E-state index in [4.69, 9.17) is 11.6 Å². The Morgan fingerprint density at radius 1 is 0.816 bits per heavy atom. The maximum absolute atomic E-state index is 13.5. The van der Waals surface area contributed by atoms with E-state index >= 15 is 0 Å². The molecule has 1 unspecified atom stereocenters. The van der Waals surface area contributed by atoms with E-state index in [0.29, 0.717) is 37.0 Å². The quantitative estimate of drug-likeness (QED) is 0.0596. The first-order chi connectivity index (χ1) is 36.4. The maximum Gasteiger partial charge on any atom is 0.293 e. The van der Waals surface area contributed by atoms with Crippen LogP contribution in [0.1, 0.15) is 109 Å². The molecule has 402 valence electrons. The van der Waals surface area contributed by atoms with Gasteiger partial charge in [0.05, 0.1) is 9.82 Å². The SMILES string of the molecule is CC1(C)CCC(c2ccc(Cl)cc2)=C(CN2CCN(c3ccc(C(=O)NS(=O)(=O)c4ccc(NCC5CCC(N6CCN(Cc7ccc8c(c7)CN(C7CCC(=O)NC7=O)C8=O)CC6)CC5)c([N+](=O)[O-])c4)cc3)CC2)C1. The van der Waals surface area contributed by atoms with Crippen LogP contribution in [0.3, 0.4) is 0 Å². The van der Waals surface area contributed by atoms with Crippen LogP contribution in [-0.4, -0.2) is 134 Å². The lowest BCUT2D eigenvalue weighted by molar-refractivity contribution is -0.384. The standard InChI is InChI=1S/C57H68ClN9O8S/c1-57(2)22-21-48(40-6-10-44(58)11-7-40)43(33-57)36-63-25-29-65(30-26-63)46-14-8-41(9-15-46)54(69)61-76(74,75)47-16-18-50(52(32-47)67(72)73)59-34-38-3-12-45(13-4-38)64-27-23-62(24-28-64)35-39-5-17-49-42(31-39)37-66(56(49)71)51-19-20-53(68)60-55(51)70/h5-11,14-18,31-32,38,45,51,59H,3-4,12-13,19-30,33-37H2,1-2H3,(H,61,69)(H,60,68,70). The van der Waals surface area contributed by atoms with Gasteiger partial charge >= 0.3 is 0 Å². The molecule has 6 aliphatic rings. The van der Waals surface area contributed by atoms with Crippen molar-refractivity contribution in [3.8, 4) is 0 Å². The Labute approximate surface area is 450 Å². The third kappa shape index (κ3) is 12.2. The largest absolute Gasteiger partial charge is 0.379 e. The molecule has 0 spiro atoms. The number of nitro benzene ring substituents is 1. The van der Waals surface area contributed by atoms with Crippen LogP contribution in [0.2, 0.25) is 5.02 Å². The van der Waals surface area contributed by atoms with Crippen molar-refractivity contribution in [2.75, 3.05) is 75.7 Å². The molecule has 1 atom stereocenters. The number of piperazine rings is 2. The highest BCUT2D eigenvalue weighted by Crippen LogP contribution is 2.43. The number of hydrogen-bond acceptors (Lipinski definition) is 13. The minimum Gasteiger partial charge on any atom is -0.379 e. The fourth-order valence-corrected chi connectivity index (χ4v) is 13.4. The number of benzene rings is 4. The van der Waals surface area contributed by atoms with Gasteiger partial charge in [-0.25, -0.2) is 13.1 Å². The molecule has 17 nitrogen and oxygen atoms in total. The summed E-state index contributed by atoms with van der Waals surface area (Å²) in [4.78, 5) is 73.3. The van der Waals surface area contributed by atoms with Crippen LogP contribution in [0, 0.1) is 21.4 Å². The second-order valence-electron chi connectivity index (χ2n) is 22.4. The minimum absolute atomic E-state index is 0.160. The van der Waals surface area contributed by atoms with Gasteiger partial charge in [0.15, 0.2) is 0 Å². The number of hydrogen-bond donors (Lipinski definition) is 3. The minimum atomic E-state index is -4.44. The highest BCUT2D eigenvalue weighted by atomic mass is 35.5. The second-order valence-corrected chi connectivity index (χ2v) is 24.5. The van der Waals surface area contributed by atoms with Crippen molar-refractivity contribution in [3.05, 3.63) is 133 Å². The summed E-state index contributed by atoms with van der Waals surface area (Å²) in [6.07, 6.45) is 7.75. The fraction of sp³-hybridized carbons (Fsp3) is 0.474. The maximum atomic E-state index is 13.5. The molecular weight excluding hydrogens is 1010 g/mol. The van der Waals surface area contributed by atoms with E-state index in [1.165, 1.54) is 28.8 Å². The van der Waals surface area contributed by atoms with Crippen molar-refractivity contribution < 1.29 is 32.5 Å². The summed E-state index contributed by atoms with van der Waals surface area (Å²) in [6, 6.07) is 24.5. The van der Waals surface area contributed by atoms with Crippen molar-refractivity contribution in [2.24, 2.45) is 11.3 Å². The molecule has 3 saturated heterocycles. The number of piperidine rings is 1. The van der Waals surface area contributed by atoms with Gasteiger partial charge in [-0.3, -0.25) is 49.3 Å². The van der Waals surface area contributed by atoms with Gasteiger partial charge in [-0.2, -0.15) is 0 Å². The number of imide groups is 1. The van der Waals surface area contributed by atoms with Crippen molar-refractivity contribution in [1.29, 1.82) is 0 Å². The molecule has 0 bridgehead atoms. The molecule has 4 aromatic carbocycles. The zero-order valence-electron chi connectivity index (χ0n) is 43.4. The number of fused-ring (bicyclic) bond motifs is 1. The average Bonchev–Trinajstić information content (AvgIpc) is 3.74. The first-order valence-corrected chi connectivity index (χ1v) is 28.7. The van der Waals surface area contributed by atoms with Crippen LogP contribution >= 0.6 is 11.6 Å². The summed E-state index contributed by atoms with van der Waals surface area (Å²) in [5, 5.41) is 18.6. The molecule has 4 aliphatic heterocycles. The predicted molar refractivity (Wildman–Crippen MR) is 292 cm³/mol. The molecule has 1 saturated carbocycles. The van der Waals surface area contributed by atoms with Crippen LogP contribution in [-0.2, 0) is 32.7 Å². The van der Waals surface area contributed by atoms with E-state index < -0.39 is 32.8 Å². The number of amides is 4. The van der Waals surface area contributed by atoms with Gasteiger partial charge in [0, 0.05) is 119 Å². The molecule has 3 N–H and O–H groups in total. The molecule has 19 heteroatoms. The third-order valence-electron chi connectivity index (χ3n) is 16.7. The fourth-order valence-electron chi connectivity index (χ4n) is 12.3. The topological polar surface area (TPSA) is 198 Å². The van der Waals surface area contributed by atoms with Crippen molar-refractivity contribution in [1.82, 2.24) is 29.6 Å². The zero-order chi connectivity index (χ0) is 53.3. The van der Waals surface area contributed by atoms with Crippen molar-refractivity contribution in [2.45, 2.75) is 102 Å². The van der Waals surface area contributed by atoms with Gasteiger partial charge in [-0.05, 0) is 140 Å². The van der Waals surface area contributed by atoms with E-state index in [9.17, 15) is 37.7 Å². The van der Waals surface area contributed by atoms with Crippen LogP contribution in [0.5, 0.6) is 0 Å². The van der Waals surface area contributed by atoms with Gasteiger partial charge < -0.3 is 15.1 Å². The van der Waals surface area contributed by atoms with Crippen LogP contribution < -0.4 is 20.3 Å². The third-order valence-corrected chi connectivity index (χ3v) is 18.2. The Morgan fingerprint density at radius 2 is 1.51 bits per heavy atom. The van der Waals surface area contributed by atoms with Crippen LogP contribution in [0.4, 0.5) is 17.1 Å². The highest BCUT2D eigenvalue weighted by Gasteiger charge is 2.39. The van der Waals surface area contributed by atoms with Crippen molar-refractivity contribution >= 4 is 67.9 Å². The van der Waals surface area contributed by atoms with Gasteiger partial charge in [0.25, 0.3) is 27.5 Å². The monoisotopic (exact) mass is 1070 g/mol. The molecule has 4 amide bonds. The number of nitrogens with one attached hydrogen (secondary N) is 3. The molecule has 4 aromatic rings. The lowest BCUT2D eigenvalue weighted by atomic mass is 9.73. The first-order valence-electron chi connectivity index (χ1n) is 26.8. The van der Waals surface area contributed by atoms with E-state index in [1.807, 2.05) is 36.4 Å². The summed E-state index contributed by atoms with van der Waals surface area (Å²) in [5.74, 6) is -1.41. The number of allylic oxidation sites excluding steroid dienone is 1. The Morgan fingerprint density at radius 3 is 2.21 bits per heavy atom. The summed E-state index contributed by atoms with van der Waals surface area (Å²) < 4.78 is 29.1. The molecule has 10 rings (SSSR count). The first kappa shape index (κ1) is 53.2. The molecular formula is C57H68ClN9O8S. The smallest absolute Gasteiger partial charge is 0.293 e. The van der Waals surface area contributed by atoms with Crippen LogP contribution in [0.25, 0.3) is 5.57 Å². The molecule has 76 heavy (non-hydrogen) atoms. The number of rotatable bonds is 15. The number of carbonyl (C=O) groups is 4. The molecule has 2 aliphatic carbocycles. The van der Waals surface area contributed by atoms with Gasteiger partial charge in [0.2, 0.25) is 11.8 Å². The Balaban J connectivity index is 0.660. The van der Waals surface area contributed by atoms with Gasteiger partial charge in [0.1, 0.15) is 11.7 Å². The molecule has 0 aromatic heterocycles. The number of nitro groups is 1. The Kier molecular flexibility index (Phi) is 15.7. The number of carbonyl (C=O) groups excluding carboxylic acids is 4. The summed E-state index contributed by atoms with van der Waals surface area (Å²) >= 11 is 6.21. The molecule has 0 radical (unpaired) electrons. The summed E-state index contributed by atoms with van der Waals surface area (Å²) in [7, 11) is -4.44. The zero-order valence-corrected chi connectivity index (χ0v) is 45.0. The van der Waals surface area contributed by atoms with Gasteiger partial charge in [-0.1, -0.05) is 55.3 Å². The predicted octanol–water partition coefficient (Wildman–Crippen LogP) is 7.70. The van der Waals surface area contributed by atoms with Gasteiger partial charge in [-0.15, -0.1) is 0 Å². The average molecular weight is 1070 g/mol. The lowest BCUT2D eigenvalue weighted by Gasteiger charge is -2.42.